The van der Waals surface area contributed by atoms with E-state index in [-0.39, 0.29) is 24.8 Å². The Bertz CT molecular complexity index is 599. The van der Waals surface area contributed by atoms with Crippen molar-refractivity contribution in [1.29, 1.82) is 0 Å². The van der Waals surface area contributed by atoms with Crippen LogP contribution in [0.4, 0.5) is 4.39 Å². The number of aliphatic carboxylic acids is 1. The molecular weight excluding hydrogens is 327 g/mol. The van der Waals surface area contributed by atoms with E-state index in [0.29, 0.717) is 24.7 Å². The summed E-state index contributed by atoms with van der Waals surface area (Å²) in [4.78, 5) is 26.2. The number of carbonyl (C=O) groups is 2. The molecule has 0 aromatic heterocycles. The number of benzene rings is 1. The molecule has 1 aromatic carbocycles. The lowest BCUT2D eigenvalue weighted by Gasteiger charge is -2.34. The van der Waals surface area contributed by atoms with E-state index in [9.17, 15) is 14.0 Å². The van der Waals surface area contributed by atoms with E-state index in [4.69, 9.17) is 21.4 Å². The second-order valence-corrected chi connectivity index (χ2v) is 5.90. The monoisotopic (exact) mass is 344 g/mol. The molecule has 6 nitrogen and oxygen atoms in total. The third-order valence-electron chi connectivity index (χ3n) is 3.51. The molecule has 0 radical (unpaired) electrons. The molecule has 0 saturated carbocycles. The van der Waals surface area contributed by atoms with Crippen molar-refractivity contribution in [3.8, 4) is 0 Å². The number of carboxylic acids is 1. The van der Waals surface area contributed by atoms with E-state index in [1.54, 1.807) is 11.9 Å². The molecule has 0 unspecified atom stereocenters. The minimum Gasteiger partial charge on any atom is -0.480 e. The van der Waals surface area contributed by atoms with Crippen molar-refractivity contribution >= 4 is 23.5 Å². The Morgan fingerprint density at radius 1 is 1.52 bits per heavy atom. The summed E-state index contributed by atoms with van der Waals surface area (Å²) >= 11 is 5.82. The van der Waals surface area contributed by atoms with E-state index < -0.39 is 17.7 Å². The number of carbonyl (C=O) groups excluding carboxylic acids is 1. The maximum absolute atomic E-state index is 13.8. The van der Waals surface area contributed by atoms with Crippen LogP contribution < -0.4 is 0 Å². The number of morpholine rings is 1. The lowest BCUT2D eigenvalue weighted by Crippen LogP contribution is -2.49. The van der Waals surface area contributed by atoms with Crippen molar-refractivity contribution in [2.45, 2.75) is 6.10 Å². The van der Waals surface area contributed by atoms with E-state index in [2.05, 4.69) is 0 Å². The van der Waals surface area contributed by atoms with Gasteiger partial charge in [0.1, 0.15) is 5.82 Å². The molecule has 1 heterocycles. The number of likely N-dealkylation sites (N-methyl/N-ethyl adjacent to an activating group) is 1. The number of hydrogen-bond acceptors (Lipinski definition) is 4. The van der Waals surface area contributed by atoms with E-state index in [0.717, 1.165) is 6.07 Å². The van der Waals surface area contributed by atoms with Crippen molar-refractivity contribution in [1.82, 2.24) is 9.80 Å². The Morgan fingerprint density at radius 2 is 2.26 bits per heavy atom. The van der Waals surface area contributed by atoms with Crippen molar-refractivity contribution in [2.75, 3.05) is 39.8 Å². The van der Waals surface area contributed by atoms with Gasteiger partial charge in [0, 0.05) is 24.7 Å². The van der Waals surface area contributed by atoms with Gasteiger partial charge in [-0.05, 0) is 25.2 Å². The highest BCUT2D eigenvalue weighted by atomic mass is 35.5. The second-order valence-electron chi connectivity index (χ2n) is 5.46. The minimum atomic E-state index is -0.933. The van der Waals surface area contributed by atoms with Crippen molar-refractivity contribution in [3.05, 3.63) is 34.6 Å². The molecule has 1 aliphatic heterocycles. The van der Waals surface area contributed by atoms with Crippen LogP contribution in [0.2, 0.25) is 5.02 Å². The molecule has 0 bridgehead atoms. The summed E-state index contributed by atoms with van der Waals surface area (Å²) in [6.07, 6.45) is -0.320. The molecule has 2 rings (SSSR count). The molecule has 1 amide bonds. The summed E-state index contributed by atoms with van der Waals surface area (Å²) in [6.45, 7) is 1.20. The molecular formula is C15H18ClFN2O4. The van der Waals surface area contributed by atoms with Gasteiger partial charge in [-0.3, -0.25) is 14.5 Å². The van der Waals surface area contributed by atoms with Gasteiger partial charge < -0.3 is 14.7 Å². The Morgan fingerprint density at radius 3 is 2.96 bits per heavy atom. The van der Waals surface area contributed by atoms with Crippen LogP contribution in [-0.2, 0) is 9.53 Å². The molecule has 126 valence electrons. The minimum absolute atomic E-state index is 0.0722. The molecule has 1 atom stereocenters. The summed E-state index contributed by atoms with van der Waals surface area (Å²) in [5.41, 5.74) is -0.0722. The van der Waals surface area contributed by atoms with Crippen LogP contribution >= 0.6 is 11.6 Å². The number of ether oxygens (including phenoxy) is 1. The van der Waals surface area contributed by atoms with Crippen LogP contribution in [0.15, 0.2) is 18.2 Å². The fourth-order valence-electron chi connectivity index (χ4n) is 2.49. The third kappa shape index (κ3) is 4.89. The summed E-state index contributed by atoms with van der Waals surface area (Å²) < 4.78 is 19.4. The van der Waals surface area contributed by atoms with Gasteiger partial charge in [0.2, 0.25) is 0 Å². The van der Waals surface area contributed by atoms with E-state index in [1.165, 1.54) is 17.0 Å². The molecule has 1 aliphatic rings. The quantitative estimate of drug-likeness (QED) is 0.872. The molecule has 0 aliphatic carbocycles. The predicted octanol–water partition coefficient (Wildman–Crippen LogP) is 1.34. The van der Waals surface area contributed by atoms with E-state index in [1.807, 2.05) is 0 Å². The maximum atomic E-state index is 13.8. The van der Waals surface area contributed by atoms with Crippen LogP contribution in [0.25, 0.3) is 0 Å². The average Bonchev–Trinajstić information content (AvgIpc) is 2.48. The molecule has 0 spiro atoms. The highest BCUT2D eigenvalue weighted by Gasteiger charge is 2.27. The first kappa shape index (κ1) is 17.7. The van der Waals surface area contributed by atoms with Gasteiger partial charge in [0.05, 0.1) is 24.8 Å². The van der Waals surface area contributed by atoms with Gasteiger partial charge >= 0.3 is 5.97 Å². The normalized spacial score (nSPS) is 18.3. The molecule has 1 fully saturated rings. The maximum Gasteiger partial charge on any atom is 0.317 e. The highest BCUT2D eigenvalue weighted by Crippen LogP contribution is 2.18. The zero-order valence-electron chi connectivity index (χ0n) is 12.7. The predicted molar refractivity (Wildman–Crippen MR) is 82.2 cm³/mol. The summed E-state index contributed by atoms with van der Waals surface area (Å²) in [7, 11) is 1.66. The smallest absolute Gasteiger partial charge is 0.317 e. The van der Waals surface area contributed by atoms with Crippen LogP contribution in [0.5, 0.6) is 0 Å². The van der Waals surface area contributed by atoms with Crippen LogP contribution in [0.1, 0.15) is 10.4 Å². The number of hydrogen-bond donors (Lipinski definition) is 1. The van der Waals surface area contributed by atoms with Gasteiger partial charge in [-0.15, -0.1) is 0 Å². The second kappa shape index (κ2) is 7.72. The topological polar surface area (TPSA) is 70.1 Å². The summed E-state index contributed by atoms with van der Waals surface area (Å²) in [6, 6.07) is 3.85. The summed E-state index contributed by atoms with van der Waals surface area (Å²) in [5, 5.41) is 9.05. The number of nitrogens with zero attached hydrogens (tertiary/aromatic N) is 2. The number of amides is 1. The van der Waals surface area contributed by atoms with E-state index >= 15 is 0 Å². The molecule has 8 heteroatoms. The summed E-state index contributed by atoms with van der Waals surface area (Å²) in [5.74, 6) is -2.00. The molecule has 1 aromatic rings. The third-order valence-corrected chi connectivity index (χ3v) is 3.74. The fraction of sp³-hybridized carbons (Fsp3) is 0.467. The zero-order chi connectivity index (χ0) is 17.0. The fourth-order valence-corrected chi connectivity index (χ4v) is 2.66. The van der Waals surface area contributed by atoms with Gasteiger partial charge in [0.15, 0.2) is 0 Å². The van der Waals surface area contributed by atoms with Gasteiger partial charge in [0.25, 0.3) is 5.91 Å². The standard InChI is InChI=1S/C15H18ClFN2O4/c1-18(9-14(20)21)7-11-8-19(4-5-23-11)15(22)12-6-10(16)2-3-13(12)17/h2-3,6,11H,4-5,7-9H2,1H3,(H,20,21)/t11-/m1/s1. The van der Waals surface area contributed by atoms with Crippen LogP contribution in [0, 0.1) is 5.82 Å². The van der Waals surface area contributed by atoms with Gasteiger partial charge in [-0.2, -0.15) is 0 Å². The number of halogens is 2. The van der Waals surface area contributed by atoms with Crippen LogP contribution in [0.3, 0.4) is 0 Å². The van der Waals surface area contributed by atoms with Crippen LogP contribution in [-0.4, -0.2) is 72.7 Å². The van der Waals surface area contributed by atoms with Crippen molar-refractivity contribution < 1.29 is 23.8 Å². The average molecular weight is 345 g/mol. The first-order valence-electron chi connectivity index (χ1n) is 7.13. The lowest BCUT2D eigenvalue weighted by atomic mass is 10.1. The zero-order valence-corrected chi connectivity index (χ0v) is 13.4. The van der Waals surface area contributed by atoms with Gasteiger partial charge in [-0.25, -0.2) is 4.39 Å². The largest absolute Gasteiger partial charge is 0.480 e. The first-order valence-corrected chi connectivity index (χ1v) is 7.51. The Hall–Kier alpha value is -1.70. The Balaban J connectivity index is 2.01. The highest BCUT2D eigenvalue weighted by molar-refractivity contribution is 6.31. The Kier molecular flexibility index (Phi) is 5.92. The molecule has 1 N–H and O–H groups in total. The Labute approximate surface area is 138 Å². The number of rotatable bonds is 5. The lowest BCUT2D eigenvalue weighted by molar-refractivity contribution is -0.138. The molecule has 1 saturated heterocycles. The molecule has 23 heavy (non-hydrogen) atoms. The van der Waals surface area contributed by atoms with Crippen molar-refractivity contribution in [3.63, 3.8) is 0 Å². The van der Waals surface area contributed by atoms with Crippen molar-refractivity contribution in [2.24, 2.45) is 0 Å². The van der Waals surface area contributed by atoms with Gasteiger partial charge in [-0.1, -0.05) is 11.6 Å². The number of carboxylic acid groups (broad SMARTS) is 1. The first-order chi connectivity index (χ1) is 10.9. The SMILES string of the molecule is CN(CC(=O)O)C[C@@H]1CN(C(=O)c2cc(Cl)ccc2F)CCO1.